The van der Waals surface area contributed by atoms with Gasteiger partial charge in [0, 0.05) is 12.6 Å². The fourth-order valence-electron chi connectivity index (χ4n) is 2.22. The number of carbonyl (C=O) groups is 1. The van der Waals surface area contributed by atoms with E-state index >= 15 is 0 Å². The van der Waals surface area contributed by atoms with Crippen LogP contribution in [0.2, 0.25) is 0 Å². The van der Waals surface area contributed by atoms with E-state index in [4.69, 9.17) is 9.47 Å². The van der Waals surface area contributed by atoms with Gasteiger partial charge in [-0.25, -0.2) is 0 Å². The van der Waals surface area contributed by atoms with E-state index in [0.29, 0.717) is 17.2 Å². The Morgan fingerprint density at radius 3 is 2.75 bits per heavy atom. The Morgan fingerprint density at radius 1 is 1.35 bits per heavy atom. The summed E-state index contributed by atoms with van der Waals surface area (Å²) in [6.45, 7) is 1.73. The highest BCUT2D eigenvalue weighted by atomic mass is 35.5. The lowest BCUT2D eigenvalue weighted by molar-refractivity contribution is -0.120. The van der Waals surface area contributed by atoms with Gasteiger partial charge in [-0.15, -0.1) is 12.4 Å². The second-order valence-electron chi connectivity index (χ2n) is 4.60. The largest absolute Gasteiger partial charge is 0.497 e. The van der Waals surface area contributed by atoms with Crippen molar-refractivity contribution in [2.45, 2.75) is 12.8 Å². The molecule has 0 aliphatic carbocycles. The van der Waals surface area contributed by atoms with Crippen LogP contribution in [0, 0.1) is 5.92 Å². The fourth-order valence-corrected chi connectivity index (χ4v) is 2.22. The summed E-state index contributed by atoms with van der Waals surface area (Å²) in [5.41, 5.74) is 0.650. The van der Waals surface area contributed by atoms with E-state index in [-0.39, 0.29) is 24.2 Å². The molecular formula is C14H21ClN2O3. The molecular weight excluding hydrogens is 280 g/mol. The smallest absolute Gasteiger partial charge is 0.228 e. The zero-order chi connectivity index (χ0) is 13.7. The van der Waals surface area contributed by atoms with E-state index in [0.717, 1.165) is 25.9 Å². The molecule has 1 aliphatic heterocycles. The number of nitrogens with one attached hydrogen (secondary N) is 2. The van der Waals surface area contributed by atoms with Crippen LogP contribution in [0.5, 0.6) is 11.5 Å². The molecule has 1 unspecified atom stereocenters. The first-order valence-corrected chi connectivity index (χ1v) is 6.48. The Hall–Kier alpha value is -1.46. The van der Waals surface area contributed by atoms with Crippen LogP contribution in [-0.4, -0.2) is 33.2 Å². The number of benzene rings is 1. The van der Waals surface area contributed by atoms with Crippen molar-refractivity contribution < 1.29 is 14.3 Å². The molecule has 0 radical (unpaired) electrons. The van der Waals surface area contributed by atoms with Gasteiger partial charge in [-0.3, -0.25) is 4.79 Å². The number of amides is 1. The summed E-state index contributed by atoms with van der Waals surface area (Å²) in [7, 11) is 3.18. The number of hydrogen-bond acceptors (Lipinski definition) is 4. The summed E-state index contributed by atoms with van der Waals surface area (Å²) in [5.74, 6) is 1.37. The third kappa shape index (κ3) is 4.02. The molecule has 0 spiro atoms. The van der Waals surface area contributed by atoms with Crippen molar-refractivity contribution in [2.75, 3.05) is 32.6 Å². The third-order valence-electron chi connectivity index (χ3n) is 3.33. The summed E-state index contributed by atoms with van der Waals surface area (Å²) in [4.78, 5) is 12.2. The van der Waals surface area contributed by atoms with Gasteiger partial charge in [0.2, 0.25) is 5.91 Å². The number of ether oxygens (including phenoxy) is 2. The molecule has 6 heteroatoms. The molecule has 0 aromatic heterocycles. The summed E-state index contributed by atoms with van der Waals surface area (Å²) in [5, 5.41) is 6.16. The van der Waals surface area contributed by atoms with Crippen molar-refractivity contribution in [3.05, 3.63) is 18.2 Å². The molecule has 20 heavy (non-hydrogen) atoms. The number of carbonyl (C=O) groups excluding carboxylic acids is 1. The van der Waals surface area contributed by atoms with Crippen LogP contribution < -0.4 is 20.1 Å². The van der Waals surface area contributed by atoms with Crippen LogP contribution in [0.1, 0.15) is 12.8 Å². The topological polar surface area (TPSA) is 59.6 Å². The molecule has 0 bridgehead atoms. The molecule has 1 aliphatic rings. The maximum Gasteiger partial charge on any atom is 0.228 e. The SMILES string of the molecule is COc1ccc(OC)c(NC(=O)C2CCCNC2)c1.Cl. The zero-order valence-electron chi connectivity index (χ0n) is 11.8. The average molecular weight is 301 g/mol. The molecule has 2 N–H and O–H groups in total. The van der Waals surface area contributed by atoms with Gasteiger partial charge in [-0.2, -0.15) is 0 Å². The third-order valence-corrected chi connectivity index (χ3v) is 3.33. The normalized spacial score (nSPS) is 17.8. The molecule has 1 atom stereocenters. The summed E-state index contributed by atoms with van der Waals surface area (Å²) in [6, 6.07) is 5.36. The molecule has 1 amide bonds. The highest BCUT2D eigenvalue weighted by Gasteiger charge is 2.21. The number of piperidine rings is 1. The maximum absolute atomic E-state index is 12.2. The second kappa shape index (κ2) is 7.97. The molecule has 112 valence electrons. The Labute approximate surface area is 125 Å². The van der Waals surface area contributed by atoms with Gasteiger partial charge in [-0.1, -0.05) is 0 Å². The predicted octanol–water partition coefficient (Wildman–Crippen LogP) is 2.06. The minimum Gasteiger partial charge on any atom is -0.497 e. The monoisotopic (exact) mass is 300 g/mol. The Kier molecular flexibility index (Phi) is 6.61. The van der Waals surface area contributed by atoms with Crippen LogP contribution in [0.25, 0.3) is 0 Å². The average Bonchev–Trinajstić information content (AvgIpc) is 2.48. The number of anilines is 1. The first-order chi connectivity index (χ1) is 9.24. The van der Waals surface area contributed by atoms with Crippen molar-refractivity contribution in [1.29, 1.82) is 0 Å². The highest BCUT2D eigenvalue weighted by Crippen LogP contribution is 2.29. The highest BCUT2D eigenvalue weighted by molar-refractivity contribution is 5.94. The molecule has 0 saturated carbocycles. The van der Waals surface area contributed by atoms with Gasteiger partial charge in [-0.05, 0) is 31.5 Å². The Bertz CT molecular complexity index is 448. The fraction of sp³-hybridized carbons (Fsp3) is 0.500. The van der Waals surface area contributed by atoms with Crippen LogP contribution in [-0.2, 0) is 4.79 Å². The molecule has 1 saturated heterocycles. The molecule has 1 aromatic rings. The minimum atomic E-state index is 0. The summed E-state index contributed by atoms with van der Waals surface area (Å²) >= 11 is 0. The molecule has 1 aromatic carbocycles. The molecule has 5 nitrogen and oxygen atoms in total. The lowest BCUT2D eigenvalue weighted by atomic mass is 9.99. The van der Waals surface area contributed by atoms with Crippen LogP contribution >= 0.6 is 12.4 Å². The lowest BCUT2D eigenvalue weighted by Crippen LogP contribution is -2.37. The number of methoxy groups -OCH3 is 2. The standard InChI is InChI=1S/C14H20N2O3.ClH/c1-18-11-5-6-13(19-2)12(8-11)16-14(17)10-4-3-7-15-9-10;/h5-6,8,10,15H,3-4,7,9H2,1-2H3,(H,16,17);1H. The number of halogens is 1. The van der Waals surface area contributed by atoms with Crippen molar-refractivity contribution in [3.63, 3.8) is 0 Å². The van der Waals surface area contributed by atoms with Crippen molar-refractivity contribution >= 4 is 24.0 Å². The van der Waals surface area contributed by atoms with E-state index < -0.39 is 0 Å². The van der Waals surface area contributed by atoms with E-state index in [1.165, 1.54) is 0 Å². The first kappa shape index (κ1) is 16.6. The van der Waals surface area contributed by atoms with Gasteiger partial charge in [0.25, 0.3) is 0 Å². The van der Waals surface area contributed by atoms with E-state index in [2.05, 4.69) is 10.6 Å². The van der Waals surface area contributed by atoms with Crippen molar-refractivity contribution in [2.24, 2.45) is 5.92 Å². The van der Waals surface area contributed by atoms with E-state index in [1.54, 1.807) is 32.4 Å². The number of hydrogen-bond donors (Lipinski definition) is 2. The second-order valence-corrected chi connectivity index (χ2v) is 4.60. The Morgan fingerprint density at radius 2 is 2.15 bits per heavy atom. The number of rotatable bonds is 4. The molecule has 1 heterocycles. The van der Waals surface area contributed by atoms with Gasteiger partial charge in [0.05, 0.1) is 25.8 Å². The Balaban J connectivity index is 0.00000200. The molecule has 1 fully saturated rings. The van der Waals surface area contributed by atoms with Crippen LogP contribution in [0.15, 0.2) is 18.2 Å². The predicted molar refractivity (Wildman–Crippen MR) is 81.0 cm³/mol. The van der Waals surface area contributed by atoms with Crippen LogP contribution in [0.4, 0.5) is 5.69 Å². The van der Waals surface area contributed by atoms with Gasteiger partial charge >= 0.3 is 0 Å². The van der Waals surface area contributed by atoms with Crippen molar-refractivity contribution in [1.82, 2.24) is 5.32 Å². The quantitative estimate of drug-likeness (QED) is 0.893. The summed E-state index contributed by atoms with van der Waals surface area (Å²) < 4.78 is 10.4. The lowest BCUT2D eigenvalue weighted by Gasteiger charge is -2.22. The van der Waals surface area contributed by atoms with E-state index in [1.807, 2.05) is 0 Å². The zero-order valence-corrected chi connectivity index (χ0v) is 12.6. The van der Waals surface area contributed by atoms with Gasteiger partial charge in [0.15, 0.2) is 0 Å². The van der Waals surface area contributed by atoms with Crippen molar-refractivity contribution in [3.8, 4) is 11.5 Å². The first-order valence-electron chi connectivity index (χ1n) is 6.48. The van der Waals surface area contributed by atoms with Crippen LogP contribution in [0.3, 0.4) is 0 Å². The minimum absolute atomic E-state index is 0. The van der Waals surface area contributed by atoms with E-state index in [9.17, 15) is 4.79 Å². The summed E-state index contributed by atoms with van der Waals surface area (Å²) in [6.07, 6.45) is 1.96. The maximum atomic E-state index is 12.2. The van der Waals surface area contributed by atoms with Gasteiger partial charge < -0.3 is 20.1 Å². The van der Waals surface area contributed by atoms with Gasteiger partial charge in [0.1, 0.15) is 11.5 Å². The molecule has 2 rings (SSSR count).